The number of carbonyl (C=O) groups excluding carboxylic acids is 2. The van der Waals surface area contributed by atoms with E-state index in [-0.39, 0.29) is 58.9 Å². The van der Waals surface area contributed by atoms with Crippen LogP contribution in [0.4, 0.5) is 10.1 Å². The largest absolute Gasteiger partial charge is 0.481 e. The summed E-state index contributed by atoms with van der Waals surface area (Å²) in [5.41, 5.74) is 1.04. The van der Waals surface area contributed by atoms with Crippen LogP contribution in [0, 0.1) is 11.7 Å². The maximum absolute atomic E-state index is 15.5. The van der Waals surface area contributed by atoms with Crippen molar-refractivity contribution in [1.29, 1.82) is 0 Å². The van der Waals surface area contributed by atoms with Gasteiger partial charge in [0.2, 0.25) is 5.91 Å². The average molecular weight is 686 g/mol. The summed E-state index contributed by atoms with van der Waals surface area (Å²) in [6.45, 7) is 1.59. The molecule has 3 fully saturated rings. The smallest absolute Gasteiger partial charge is 0.306 e. The first-order valence-corrected chi connectivity index (χ1v) is 16.8. The second kappa shape index (κ2) is 14.9. The summed E-state index contributed by atoms with van der Waals surface area (Å²) < 4.78 is 39.1. The number of amides is 2. The molecule has 1 aliphatic carbocycles. The molecule has 2 amide bonds. The van der Waals surface area contributed by atoms with Crippen molar-refractivity contribution in [1.82, 2.24) is 9.80 Å². The van der Waals surface area contributed by atoms with Gasteiger partial charge in [0.25, 0.3) is 5.91 Å². The molecule has 13 heteroatoms. The van der Waals surface area contributed by atoms with Gasteiger partial charge in [0.15, 0.2) is 0 Å². The first-order chi connectivity index (χ1) is 23.2. The quantitative estimate of drug-likeness (QED) is 0.275. The summed E-state index contributed by atoms with van der Waals surface area (Å²) in [7, 11) is 3.29. The molecule has 6 rings (SSSR count). The molecule has 3 aromatic rings. The van der Waals surface area contributed by atoms with Crippen LogP contribution in [-0.4, -0.2) is 97.1 Å². The Balaban J connectivity index is 1.16. The highest BCUT2D eigenvalue weighted by Crippen LogP contribution is 2.34. The maximum atomic E-state index is 15.5. The lowest BCUT2D eigenvalue weighted by Crippen LogP contribution is -2.53. The lowest BCUT2D eigenvalue weighted by molar-refractivity contribution is -0.158. The molecule has 2 aliphatic heterocycles. The SMILES string of the molecule is CO[C@H]1CN(C(OC2CCC(C(=O)O)CC2)[C@@H]2CCCN2C(=O)Cc2cc(Cl)c(NC(=O)c3coc4ccccc34)cc2F)C[C@H]1OC. The van der Waals surface area contributed by atoms with Crippen LogP contribution in [0.3, 0.4) is 0 Å². The summed E-state index contributed by atoms with van der Waals surface area (Å²) in [5.74, 6) is -2.58. The van der Waals surface area contributed by atoms with Gasteiger partial charge in [-0.15, -0.1) is 0 Å². The zero-order valence-electron chi connectivity index (χ0n) is 27.0. The summed E-state index contributed by atoms with van der Waals surface area (Å²) in [5, 5.41) is 12.8. The number of furan rings is 1. The Labute approximate surface area is 283 Å². The molecule has 0 radical (unpaired) electrons. The fraction of sp³-hybridized carbons (Fsp3) is 0.514. The summed E-state index contributed by atoms with van der Waals surface area (Å²) >= 11 is 6.51. The van der Waals surface area contributed by atoms with Crippen molar-refractivity contribution >= 4 is 46.0 Å². The second-order valence-electron chi connectivity index (χ2n) is 12.8. The number of carboxylic acid groups (broad SMARTS) is 1. The van der Waals surface area contributed by atoms with Gasteiger partial charge in [0, 0.05) is 39.2 Å². The third-order valence-corrected chi connectivity index (χ3v) is 10.3. The molecule has 258 valence electrons. The molecule has 0 spiro atoms. The number of fused-ring (bicyclic) bond motifs is 1. The van der Waals surface area contributed by atoms with E-state index in [2.05, 4.69) is 10.2 Å². The van der Waals surface area contributed by atoms with Gasteiger partial charge in [-0.05, 0) is 62.3 Å². The molecule has 2 aromatic carbocycles. The predicted molar refractivity (Wildman–Crippen MR) is 175 cm³/mol. The molecule has 2 saturated heterocycles. The number of aliphatic carboxylic acids is 1. The summed E-state index contributed by atoms with van der Waals surface area (Å²) in [4.78, 5) is 42.3. The highest BCUT2D eigenvalue weighted by molar-refractivity contribution is 6.34. The first-order valence-electron chi connectivity index (χ1n) is 16.4. The number of carboxylic acids is 1. The van der Waals surface area contributed by atoms with Crippen LogP contribution in [0.5, 0.6) is 0 Å². The Hall–Kier alpha value is -3.55. The van der Waals surface area contributed by atoms with Crippen LogP contribution < -0.4 is 5.32 Å². The Bertz CT molecular complexity index is 1630. The molecule has 1 unspecified atom stereocenters. The number of rotatable bonds is 11. The van der Waals surface area contributed by atoms with Crippen molar-refractivity contribution in [2.24, 2.45) is 5.92 Å². The lowest BCUT2D eigenvalue weighted by Gasteiger charge is -2.40. The number of likely N-dealkylation sites (tertiary alicyclic amines) is 2. The third-order valence-electron chi connectivity index (χ3n) is 9.96. The van der Waals surface area contributed by atoms with E-state index in [1.807, 2.05) is 0 Å². The van der Waals surface area contributed by atoms with E-state index in [0.29, 0.717) is 68.3 Å². The molecular formula is C35H41ClFN3O8. The fourth-order valence-electron chi connectivity index (χ4n) is 7.32. The number of halogens is 2. The van der Waals surface area contributed by atoms with Gasteiger partial charge in [-0.25, -0.2) is 4.39 Å². The summed E-state index contributed by atoms with van der Waals surface area (Å²) in [6.07, 6.45) is 3.93. The van der Waals surface area contributed by atoms with Gasteiger partial charge in [0.05, 0.1) is 53.0 Å². The Kier molecular flexibility index (Phi) is 10.7. The van der Waals surface area contributed by atoms with Crippen LogP contribution >= 0.6 is 11.6 Å². The number of ether oxygens (including phenoxy) is 3. The first kappa shape index (κ1) is 34.3. The van der Waals surface area contributed by atoms with Crippen molar-refractivity contribution in [2.75, 3.05) is 39.2 Å². The van der Waals surface area contributed by atoms with E-state index in [0.717, 1.165) is 12.5 Å². The molecule has 11 nitrogen and oxygen atoms in total. The van der Waals surface area contributed by atoms with Crippen molar-refractivity contribution in [2.45, 2.75) is 75.5 Å². The Morgan fingerprint density at radius 3 is 2.46 bits per heavy atom. The monoisotopic (exact) mass is 685 g/mol. The number of hydrogen-bond donors (Lipinski definition) is 2. The van der Waals surface area contributed by atoms with E-state index in [1.165, 1.54) is 12.3 Å². The van der Waals surface area contributed by atoms with E-state index >= 15 is 4.39 Å². The third kappa shape index (κ3) is 7.23. The average Bonchev–Trinajstić information content (AvgIpc) is 3.84. The van der Waals surface area contributed by atoms with Crippen molar-refractivity contribution < 1.29 is 42.5 Å². The van der Waals surface area contributed by atoms with Gasteiger partial charge >= 0.3 is 5.97 Å². The van der Waals surface area contributed by atoms with Crippen LogP contribution in [0.2, 0.25) is 5.02 Å². The molecule has 48 heavy (non-hydrogen) atoms. The van der Waals surface area contributed by atoms with Crippen molar-refractivity contribution in [3.8, 4) is 0 Å². The van der Waals surface area contributed by atoms with Crippen LogP contribution in [-0.2, 0) is 30.2 Å². The van der Waals surface area contributed by atoms with Crippen LogP contribution in [0.1, 0.15) is 54.4 Å². The zero-order chi connectivity index (χ0) is 33.9. The Morgan fingerprint density at radius 2 is 1.77 bits per heavy atom. The number of para-hydroxylation sites is 1. The molecule has 3 aliphatic rings. The second-order valence-corrected chi connectivity index (χ2v) is 13.2. The molecule has 1 aromatic heterocycles. The predicted octanol–water partition coefficient (Wildman–Crippen LogP) is 5.34. The lowest BCUT2D eigenvalue weighted by atomic mass is 9.87. The number of nitrogens with one attached hydrogen (secondary N) is 1. The Morgan fingerprint density at radius 1 is 1.06 bits per heavy atom. The number of methoxy groups -OCH3 is 2. The topological polar surface area (TPSA) is 131 Å². The number of carbonyl (C=O) groups is 3. The molecule has 2 N–H and O–H groups in total. The zero-order valence-corrected chi connectivity index (χ0v) is 27.8. The molecule has 4 atom stereocenters. The minimum absolute atomic E-state index is 0.0835. The molecular weight excluding hydrogens is 645 g/mol. The van der Waals surface area contributed by atoms with E-state index in [4.69, 9.17) is 30.2 Å². The number of hydrogen-bond acceptors (Lipinski definition) is 8. The minimum atomic E-state index is -0.780. The highest BCUT2D eigenvalue weighted by atomic mass is 35.5. The number of anilines is 1. The fourth-order valence-corrected chi connectivity index (χ4v) is 7.55. The van der Waals surface area contributed by atoms with Gasteiger partial charge in [-0.3, -0.25) is 19.3 Å². The van der Waals surface area contributed by atoms with Crippen molar-refractivity contribution in [3.05, 3.63) is 64.6 Å². The van der Waals surface area contributed by atoms with E-state index in [1.54, 1.807) is 43.4 Å². The van der Waals surface area contributed by atoms with Crippen LogP contribution in [0.15, 0.2) is 47.1 Å². The molecule has 3 heterocycles. The minimum Gasteiger partial charge on any atom is -0.481 e. The molecule has 1 saturated carbocycles. The van der Waals surface area contributed by atoms with Gasteiger partial charge < -0.3 is 34.0 Å². The molecule has 0 bridgehead atoms. The summed E-state index contributed by atoms with van der Waals surface area (Å²) in [6, 6.07) is 9.29. The number of nitrogens with zero attached hydrogens (tertiary/aromatic N) is 2. The van der Waals surface area contributed by atoms with E-state index < -0.39 is 23.9 Å². The van der Waals surface area contributed by atoms with E-state index in [9.17, 15) is 19.5 Å². The maximum Gasteiger partial charge on any atom is 0.306 e. The normalized spacial score (nSPS) is 25.4. The van der Waals surface area contributed by atoms with Gasteiger partial charge in [0.1, 0.15) is 23.9 Å². The van der Waals surface area contributed by atoms with Gasteiger partial charge in [-0.2, -0.15) is 0 Å². The van der Waals surface area contributed by atoms with Gasteiger partial charge in [-0.1, -0.05) is 29.8 Å². The highest BCUT2D eigenvalue weighted by Gasteiger charge is 2.45. The van der Waals surface area contributed by atoms with Crippen LogP contribution in [0.25, 0.3) is 11.0 Å². The van der Waals surface area contributed by atoms with Crippen molar-refractivity contribution in [3.63, 3.8) is 0 Å². The standard InChI is InChI=1S/C35H41ClFN3O8/c1-45-30-17-39(18-31(30)46-2)34(48-22-11-9-20(10-12-22)35(43)44)28-7-5-13-40(28)32(41)15-21-14-25(36)27(16-26(21)37)38-33(42)24-19-47-29-8-4-3-6-23(24)29/h3-4,6,8,14,16,19-20,22,28,30-31,34H,5,7,9-13,15,17-18H2,1-2H3,(H,38,42)(H,43,44)/t20?,22?,28-,30-,31+,34?/m0/s1. The number of benzene rings is 2.